The number of quaternary nitrogens is 1. The predicted molar refractivity (Wildman–Crippen MR) is 251 cm³/mol. The Bertz CT molecular complexity index is 1260. The first-order chi connectivity index (χ1) is 28.6. The topological polar surface area (TPSA) is 91.3 Å². The highest BCUT2D eigenvalue weighted by atomic mass is 31.2. The summed E-state index contributed by atoms with van der Waals surface area (Å²) in [6, 6.07) is 0. The minimum atomic E-state index is -4.31. The number of hydrogen-bond donors (Lipinski definition) is 1. The van der Waals surface area contributed by atoms with Crippen LogP contribution >= 0.6 is 7.82 Å². The van der Waals surface area contributed by atoms with Gasteiger partial charge in [-0.25, -0.2) is 4.57 Å². The van der Waals surface area contributed by atoms with Crippen molar-refractivity contribution in [2.45, 2.75) is 161 Å². The van der Waals surface area contributed by atoms with Crippen molar-refractivity contribution >= 4 is 13.8 Å². The van der Waals surface area contributed by atoms with Crippen molar-refractivity contribution in [3.05, 3.63) is 97.2 Å². The highest BCUT2D eigenvalue weighted by Crippen LogP contribution is 2.43. The molecule has 0 aliphatic rings. The van der Waals surface area contributed by atoms with Gasteiger partial charge in [0.1, 0.15) is 19.3 Å². The molecular formula is C50H87NO7P+. The van der Waals surface area contributed by atoms with E-state index in [0.29, 0.717) is 24.1 Å². The van der Waals surface area contributed by atoms with E-state index < -0.39 is 19.9 Å². The van der Waals surface area contributed by atoms with E-state index in [2.05, 4.69) is 98.9 Å². The van der Waals surface area contributed by atoms with E-state index in [4.69, 9.17) is 18.5 Å². The van der Waals surface area contributed by atoms with E-state index in [-0.39, 0.29) is 26.2 Å². The maximum atomic E-state index is 12.6. The number of unbranched alkanes of at least 4 members (excludes halogenated alkanes) is 12. The van der Waals surface area contributed by atoms with Crippen LogP contribution in [-0.4, -0.2) is 75.6 Å². The van der Waals surface area contributed by atoms with Gasteiger partial charge in [-0.05, 0) is 77.0 Å². The average Bonchev–Trinajstić information content (AvgIpc) is 3.19. The van der Waals surface area contributed by atoms with Gasteiger partial charge in [0.25, 0.3) is 0 Å². The van der Waals surface area contributed by atoms with Crippen LogP contribution < -0.4 is 0 Å². The molecule has 0 aromatic carbocycles. The average molecular weight is 845 g/mol. The van der Waals surface area contributed by atoms with Crippen LogP contribution in [0.5, 0.6) is 0 Å². The molecule has 0 heterocycles. The van der Waals surface area contributed by atoms with Gasteiger partial charge in [0, 0.05) is 6.61 Å². The summed E-state index contributed by atoms with van der Waals surface area (Å²) in [5, 5.41) is 0. The Labute approximate surface area is 362 Å². The minimum Gasteiger partial charge on any atom is -0.457 e. The Hall–Kier alpha value is -2.58. The Morgan fingerprint density at radius 3 is 1.47 bits per heavy atom. The maximum absolute atomic E-state index is 12.6. The van der Waals surface area contributed by atoms with Gasteiger partial charge in [0.2, 0.25) is 0 Å². The number of ether oxygens (including phenoxy) is 2. The molecule has 0 bridgehead atoms. The second-order valence-electron chi connectivity index (χ2n) is 16.1. The number of carbonyl (C=O) groups excluding carboxylic acids is 1. The lowest BCUT2D eigenvalue weighted by Crippen LogP contribution is -2.37. The fourth-order valence-corrected chi connectivity index (χ4v) is 6.38. The smallest absolute Gasteiger partial charge is 0.457 e. The standard InChI is InChI=1S/C50H86NO7P/c1-6-8-10-12-14-16-18-20-22-23-24-25-26-27-28-30-32-34-36-38-40-42-45-55-47-49(48-57-59(53,54)56-46-44-51(3,4)5)58-50(52)43-41-39-37-35-33-31-29-21-19-17-15-13-11-9-7-2/h9,11,15,17-18,20-21,23-24,26-27,29,33,35,39,41,49H,6-8,10,12-14,16,19,22,25,28,30-32,34,36-38,40,42-48H2,1-5H3/p+1/b11-9-,17-15-,20-18-,24-23-,27-26-,29-21-,35-33-,41-39-. The number of carbonyl (C=O) groups is 1. The Morgan fingerprint density at radius 2 is 0.983 bits per heavy atom. The van der Waals surface area contributed by atoms with Gasteiger partial charge >= 0.3 is 13.8 Å². The minimum absolute atomic E-state index is 0.0645. The van der Waals surface area contributed by atoms with E-state index in [0.717, 1.165) is 64.2 Å². The van der Waals surface area contributed by atoms with Gasteiger partial charge < -0.3 is 18.9 Å². The van der Waals surface area contributed by atoms with Crippen molar-refractivity contribution in [1.29, 1.82) is 0 Å². The SMILES string of the molecule is CC/C=C\C/C=C\C/C=C\C/C=C\C/C=C\CC(=O)OC(COCCCCCCCCC/C=C\C/C=C\C/C=C\CCCCCCC)COP(=O)(O)OCC[N+](C)(C)C. The third kappa shape index (κ3) is 46.3. The number of nitrogens with zero attached hydrogens (tertiary/aromatic N) is 1. The van der Waals surface area contributed by atoms with Crippen molar-refractivity contribution in [3.8, 4) is 0 Å². The van der Waals surface area contributed by atoms with Crippen LogP contribution in [0.1, 0.15) is 155 Å². The van der Waals surface area contributed by atoms with E-state index in [1.54, 1.807) is 6.08 Å². The number of rotatable bonds is 41. The summed E-state index contributed by atoms with van der Waals surface area (Å²) >= 11 is 0. The van der Waals surface area contributed by atoms with Crippen molar-refractivity contribution in [1.82, 2.24) is 0 Å². The molecule has 0 rings (SSSR count). The van der Waals surface area contributed by atoms with Gasteiger partial charge in [0.15, 0.2) is 0 Å². The molecule has 0 radical (unpaired) electrons. The first-order valence-electron chi connectivity index (χ1n) is 23.0. The molecule has 2 atom stereocenters. The molecule has 0 amide bonds. The quantitative estimate of drug-likeness (QED) is 0.0215. The van der Waals surface area contributed by atoms with E-state index in [9.17, 15) is 14.3 Å². The van der Waals surface area contributed by atoms with Gasteiger partial charge in [0.05, 0.1) is 40.8 Å². The second-order valence-corrected chi connectivity index (χ2v) is 17.5. The number of allylic oxidation sites excluding steroid dienone is 15. The third-order valence-electron chi connectivity index (χ3n) is 9.16. The second kappa shape index (κ2) is 42.1. The van der Waals surface area contributed by atoms with Crippen LogP contribution in [0.4, 0.5) is 0 Å². The molecule has 1 N–H and O–H groups in total. The molecule has 2 unspecified atom stereocenters. The molecule has 0 aliphatic carbocycles. The fraction of sp³-hybridized carbons (Fsp3) is 0.660. The first kappa shape index (κ1) is 56.4. The molecule has 0 aromatic heterocycles. The van der Waals surface area contributed by atoms with Crippen LogP contribution in [-0.2, 0) is 27.9 Å². The highest BCUT2D eigenvalue weighted by Gasteiger charge is 2.26. The molecule has 338 valence electrons. The van der Waals surface area contributed by atoms with Crippen LogP contribution in [0.3, 0.4) is 0 Å². The molecule has 0 aliphatic heterocycles. The zero-order chi connectivity index (χ0) is 43.4. The van der Waals surface area contributed by atoms with Crippen molar-refractivity contribution < 1.29 is 37.3 Å². The fourth-order valence-electron chi connectivity index (χ4n) is 5.63. The lowest BCUT2D eigenvalue weighted by atomic mass is 10.1. The molecule has 9 heteroatoms. The monoisotopic (exact) mass is 845 g/mol. The van der Waals surface area contributed by atoms with Crippen molar-refractivity contribution in [3.63, 3.8) is 0 Å². The van der Waals surface area contributed by atoms with Gasteiger partial charge in [-0.2, -0.15) is 0 Å². The lowest BCUT2D eigenvalue weighted by Gasteiger charge is -2.24. The summed E-state index contributed by atoms with van der Waals surface area (Å²) in [6.07, 6.45) is 57.7. The Kier molecular flexibility index (Phi) is 40.3. The van der Waals surface area contributed by atoms with Crippen LogP contribution in [0.2, 0.25) is 0 Å². The van der Waals surface area contributed by atoms with E-state index in [1.165, 1.54) is 64.2 Å². The summed E-state index contributed by atoms with van der Waals surface area (Å²) in [4.78, 5) is 22.8. The zero-order valence-corrected chi connectivity index (χ0v) is 39.1. The molecule has 0 saturated heterocycles. The molecule has 0 aromatic rings. The normalized spacial score (nSPS) is 14.6. The summed E-state index contributed by atoms with van der Waals surface area (Å²) in [5.41, 5.74) is 0. The zero-order valence-electron chi connectivity index (χ0n) is 38.2. The number of likely N-dealkylation sites (N-methyl/N-ethyl adjacent to an activating group) is 1. The summed E-state index contributed by atoms with van der Waals surface area (Å²) in [7, 11) is 1.59. The summed E-state index contributed by atoms with van der Waals surface area (Å²) in [6.45, 7) is 5.31. The lowest BCUT2D eigenvalue weighted by molar-refractivity contribution is -0.870. The molecule has 0 saturated carbocycles. The van der Waals surface area contributed by atoms with Gasteiger partial charge in [-0.1, -0.05) is 169 Å². The third-order valence-corrected chi connectivity index (χ3v) is 10.1. The molecule has 0 spiro atoms. The van der Waals surface area contributed by atoms with E-state index >= 15 is 0 Å². The van der Waals surface area contributed by atoms with Crippen molar-refractivity contribution in [2.75, 3.05) is 54.1 Å². The first-order valence-corrected chi connectivity index (χ1v) is 24.5. The Morgan fingerprint density at radius 1 is 0.542 bits per heavy atom. The predicted octanol–water partition coefficient (Wildman–Crippen LogP) is 13.8. The Balaban J connectivity index is 4.34. The molecular weight excluding hydrogens is 758 g/mol. The van der Waals surface area contributed by atoms with Crippen molar-refractivity contribution in [2.24, 2.45) is 0 Å². The number of esters is 1. The maximum Gasteiger partial charge on any atom is 0.472 e. The molecule has 59 heavy (non-hydrogen) atoms. The van der Waals surface area contributed by atoms with Crippen LogP contribution in [0.15, 0.2) is 97.2 Å². The largest absolute Gasteiger partial charge is 0.472 e. The van der Waals surface area contributed by atoms with Gasteiger partial charge in [-0.3, -0.25) is 13.8 Å². The van der Waals surface area contributed by atoms with Crippen LogP contribution in [0.25, 0.3) is 0 Å². The van der Waals surface area contributed by atoms with Gasteiger partial charge in [-0.15, -0.1) is 0 Å². The molecule has 8 nitrogen and oxygen atoms in total. The summed E-state index contributed by atoms with van der Waals surface area (Å²) in [5.74, 6) is -0.448. The number of phosphoric acid groups is 1. The number of hydrogen-bond acceptors (Lipinski definition) is 6. The highest BCUT2D eigenvalue weighted by molar-refractivity contribution is 7.47. The molecule has 0 fully saturated rings. The van der Waals surface area contributed by atoms with E-state index in [1.807, 2.05) is 27.2 Å². The van der Waals surface area contributed by atoms with Crippen LogP contribution in [0, 0.1) is 0 Å². The number of phosphoric ester groups is 1. The summed E-state index contributed by atoms with van der Waals surface area (Å²) < 4.78 is 34.9.